The van der Waals surface area contributed by atoms with Crippen LogP contribution in [0.1, 0.15) is 27.3 Å². The second-order valence-corrected chi connectivity index (χ2v) is 5.54. The van der Waals surface area contributed by atoms with Crippen LogP contribution in [-0.4, -0.2) is 20.7 Å². The Kier molecular flexibility index (Phi) is 4.90. The zero-order valence-electron chi connectivity index (χ0n) is 13.7. The van der Waals surface area contributed by atoms with Crippen LogP contribution in [0.5, 0.6) is 0 Å². The summed E-state index contributed by atoms with van der Waals surface area (Å²) in [6.45, 7) is -0.195. The Morgan fingerprint density at radius 1 is 1.19 bits per heavy atom. The van der Waals surface area contributed by atoms with E-state index in [1.165, 1.54) is 17.1 Å². The lowest BCUT2D eigenvalue weighted by molar-refractivity contribution is -0.137. The smallest absolute Gasteiger partial charge is 0.345 e. The first kappa shape index (κ1) is 18.1. The number of halogens is 3. The molecular weight excluding hydrogens is 359 g/mol. The number of para-hydroxylation sites is 1. The lowest BCUT2D eigenvalue weighted by Gasteiger charge is -2.11. The van der Waals surface area contributed by atoms with E-state index in [1.807, 2.05) is 0 Å². The van der Waals surface area contributed by atoms with Crippen molar-refractivity contribution in [1.29, 1.82) is 5.26 Å². The molecule has 0 saturated carbocycles. The summed E-state index contributed by atoms with van der Waals surface area (Å²) in [4.78, 5) is 16.3. The summed E-state index contributed by atoms with van der Waals surface area (Å²) in [5.41, 5.74) is -0.314. The van der Waals surface area contributed by atoms with Crippen molar-refractivity contribution in [1.82, 2.24) is 20.1 Å². The molecule has 136 valence electrons. The third-order valence-corrected chi connectivity index (χ3v) is 3.65. The van der Waals surface area contributed by atoms with E-state index in [-0.39, 0.29) is 23.5 Å². The number of nitrogens with one attached hydrogen (secondary N) is 1. The summed E-state index contributed by atoms with van der Waals surface area (Å²) in [5.74, 6) is -0.610. The molecule has 0 aliphatic carbocycles. The highest BCUT2D eigenvalue weighted by Crippen LogP contribution is 2.30. The molecule has 1 amide bonds. The van der Waals surface area contributed by atoms with Crippen LogP contribution in [0.2, 0.25) is 0 Å². The summed E-state index contributed by atoms with van der Waals surface area (Å²) in [5, 5.41) is 15.4. The van der Waals surface area contributed by atoms with Crippen LogP contribution in [0.15, 0.2) is 54.9 Å². The van der Waals surface area contributed by atoms with Gasteiger partial charge in [0.25, 0.3) is 5.91 Å². The third kappa shape index (κ3) is 4.12. The van der Waals surface area contributed by atoms with Gasteiger partial charge in [-0.25, -0.2) is 9.67 Å². The van der Waals surface area contributed by atoms with Crippen molar-refractivity contribution in [2.45, 2.75) is 12.7 Å². The minimum atomic E-state index is -4.58. The molecule has 0 aliphatic rings. The molecule has 0 radical (unpaired) electrons. The molecule has 0 fully saturated rings. The number of amides is 1. The Hall–Kier alpha value is -3.67. The van der Waals surface area contributed by atoms with Crippen molar-refractivity contribution < 1.29 is 18.0 Å². The molecule has 6 nitrogen and oxygen atoms in total. The van der Waals surface area contributed by atoms with Gasteiger partial charge < -0.3 is 5.32 Å². The highest BCUT2D eigenvalue weighted by molar-refractivity contribution is 5.91. The van der Waals surface area contributed by atoms with Crippen LogP contribution in [0.25, 0.3) is 5.69 Å². The predicted molar refractivity (Wildman–Crippen MR) is 88.7 cm³/mol. The lowest BCUT2D eigenvalue weighted by Crippen LogP contribution is -2.26. The van der Waals surface area contributed by atoms with E-state index in [0.29, 0.717) is 5.69 Å². The molecule has 1 aromatic heterocycles. The molecule has 3 rings (SSSR count). The monoisotopic (exact) mass is 371 g/mol. The van der Waals surface area contributed by atoms with Gasteiger partial charge in [0.1, 0.15) is 6.33 Å². The van der Waals surface area contributed by atoms with E-state index in [1.54, 1.807) is 36.4 Å². The van der Waals surface area contributed by atoms with Crippen molar-refractivity contribution in [3.8, 4) is 11.8 Å². The number of nitrogens with zero attached hydrogens (tertiary/aromatic N) is 4. The number of aromatic nitrogens is 3. The van der Waals surface area contributed by atoms with Crippen LogP contribution in [-0.2, 0) is 12.7 Å². The Labute approximate surface area is 151 Å². The van der Waals surface area contributed by atoms with Gasteiger partial charge in [0.2, 0.25) is 5.82 Å². The Morgan fingerprint density at radius 3 is 2.59 bits per heavy atom. The van der Waals surface area contributed by atoms with E-state index < -0.39 is 17.6 Å². The number of carbonyl (C=O) groups excluding carboxylic acids is 1. The molecule has 2 aromatic carbocycles. The Morgan fingerprint density at radius 2 is 1.93 bits per heavy atom. The predicted octanol–water partition coefficient (Wildman–Crippen LogP) is 3.09. The fourth-order valence-electron chi connectivity index (χ4n) is 2.44. The number of rotatable bonds is 4. The van der Waals surface area contributed by atoms with Crippen LogP contribution in [0.4, 0.5) is 13.2 Å². The van der Waals surface area contributed by atoms with E-state index >= 15 is 0 Å². The standard InChI is InChI=1S/C18H12F3N5O/c19-18(20,21)14-7-12(9-22)6-13(8-14)10-23-17(27)16-24-11-25-26(16)15-4-2-1-3-5-15/h1-8,11H,10H2,(H,23,27). The van der Waals surface area contributed by atoms with Gasteiger partial charge in [-0.05, 0) is 35.9 Å². The molecular formula is C18H12F3N5O. The zero-order chi connectivity index (χ0) is 19.4. The topological polar surface area (TPSA) is 83.6 Å². The van der Waals surface area contributed by atoms with Crippen molar-refractivity contribution in [2.75, 3.05) is 0 Å². The fourth-order valence-corrected chi connectivity index (χ4v) is 2.44. The maximum atomic E-state index is 12.9. The second-order valence-electron chi connectivity index (χ2n) is 5.54. The molecule has 1 heterocycles. The highest BCUT2D eigenvalue weighted by atomic mass is 19.4. The van der Waals surface area contributed by atoms with Gasteiger partial charge in [0.15, 0.2) is 0 Å². The molecule has 0 unspecified atom stereocenters. The van der Waals surface area contributed by atoms with Gasteiger partial charge in [0.05, 0.1) is 22.9 Å². The first-order valence-electron chi connectivity index (χ1n) is 7.73. The molecule has 0 atom stereocenters. The van der Waals surface area contributed by atoms with Crippen molar-refractivity contribution in [3.63, 3.8) is 0 Å². The molecule has 1 N–H and O–H groups in total. The summed E-state index contributed by atoms with van der Waals surface area (Å²) in [6, 6.07) is 13.4. The number of benzene rings is 2. The van der Waals surface area contributed by atoms with Gasteiger partial charge in [-0.1, -0.05) is 18.2 Å². The average molecular weight is 371 g/mol. The van der Waals surface area contributed by atoms with Gasteiger partial charge in [-0.15, -0.1) is 0 Å². The van der Waals surface area contributed by atoms with E-state index in [4.69, 9.17) is 5.26 Å². The summed E-state index contributed by atoms with van der Waals surface area (Å²) in [6.07, 6.45) is -3.38. The van der Waals surface area contributed by atoms with E-state index in [0.717, 1.165) is 12.1 Å². The van der Waals surface area contributed by atoms with Crippen LogP contribution in [0, 0.1) is 11.3 Å². The highest BCUT2D eigenvalue weighted by Gasteiger charge is 2.31. The van der Waals surface area contributed by atoms with E-state index in [2.05, 4.69) is 15.4 Å². The fraction of sp³-hybridized carbons (Fsp3) is 0.111. The molecule has 0 bridgehead atoms. The minimum absolute atomic E-state index is 0.00585. The first-order chi connectivity index (χ1) is 12.9. The SMILES string of the molecule is N#Cc1cc(CNC(=O)c2ncnn2-c2ccccc2)cc(C(F)(F)F)c1. The largest absolute Gasteiger partial charge is 0.416 e. The number of nitriles is 1. The third-order valence-electron chi connectivity index (χ3n) is 3.65. The number of hydrogen-bond acceptors (Lipinski definition) is 4. The summed E-state index contributed by atoms with van der Waals surface area (Å²) < 4.78 is 40.1. The maximum absolute atomic E-state index is 12.9. The molecule has 27 heavy (non-hydrogen) atoms. The molecule has 3 aromatic rings. The molecule has 0 spiro atoms. The number of hydrogen-bond donors (Lipinski definition) is 1. The Balaban J connectivity index is 1.80. The molecule has 0 aliphatic heterocycles. The Bertz CT molecular complexity index is 1010. The zero-order valence-corrected chi connectivity index (χ0v) is 13.7. The van der Waals surface area contributed by atoms with Crippen molar-refractivity contribution in [3.05, 3.63) is 77.4 Å². The summed E-state index contributed by atoms with van der Waals surface area (Å²) >= 11 is 0. The molecule has 0 saturated heterocycles. The van der Waals surface area contributed by atoms with Crippen LogP contribution >= 0.6 is 0 Å². The quantitative estimate of drug-likeness (QED) is 0.764. The van der Waals surface area contributed by atoms with Gasteiger partial charge in [-0.2, -0.15) is 23.5 Å². The first-order valence-corrected chi connectivity index (χ1v) is 7.73. The summed E-state index contributed by atoms with van der Waals surface area (Å²) in [7, 11) is 0. The normalized spacial score (nSPS) is 11.0. The number of carbonyl (C=O) groups is 1. The van der Waals surface area contributed by atoms with Crippen molar-refractivity contribution >= 4 is 5.91 Å². The van der Waals surface area contributed by atoms with Crippen LogP contribution in [0.3, 0.4) is 0 Å². The van der Waals surface area contributed by atoms with Crippen LogP contribution < -0.4 is 5.32 Å². The van der Waals surface area contributed by atoms with E-state index in [9.17, 15) is 18.0 Å². The van der Waals surface area contributed by atoms with Gasteiger partial charge >= 0.3 is 6.18 Å². The minimum Gasteiger partial charge on any atom is -0.345 e. The van der Waals surface area contributed by atoms with Gasteiger partial charge in [0, 0.05) is 6.54 Å². The van der Waals surface area contributed by atoms with Gasteiger partial charge in [-0.3, -0.25) is 4.79 Å². The van der Waals surface area contributed by atoms with Crippen molar-refractivity contribution in [2.24, 2.45) is 0 Å². The molecule has 9 heteroatoms. The average Bonchev–Trinajstić information content (AvgIpc) is 3.15. The maximum Gasteiger partial charge on any atom is 0.416 e. The second kappa shape index (κ2) is 7.29. The lowest BCUT2D eigenvalue weighted by atomic mass is 10.1. The number of alkyl halides is 3.